The number of aliphatic imine (C=N–C) groups is 1. The lowest BCUT2D eigenvalue weighted by Crippen LogP contribution is -1.98. The minimum absolute atomic E-state index is 0.0570. The second kappa shape index (κ2) is 2.62. The summed E-state index contributed by atoms with van der Waals surface area (Å²) in [6.07, 6.45) is 1.21. The third-order valence-electron chi connectivity index (χ3n) is 1.11. The van der Waals surface area contributed by atoms with Crippen LogP contribution in [0.5, 0.6) is 0 Å². The molecule has 50 valence electrons. The van der Waals surface area contributed by atoms with E-state index in [2.05, 4.69) is 4.99 Å². The van der Waals surface area contributed by atoms with Crippen LogP contribution in [-0.4, -0.2) is 18.4 Å². The van der Waals surface area contributed by atoms with Gasteiger partial charge in [0.25, 0.3) is 0 Å². The first kappa shape index (κ1) is 6.26. The molecule has 1 rings (SSSR count). The highest BCUT2D eigenvalue weighted by Crippen LogP contribution is 2.05. The maximum absolute atomic E-state index is 10.5. The summed E-state index contributed by atoms with van der Waals surface area (Å²) in [5.74, 6) is 0.543. The van der Waals surface area contributed by atoms with Crippen molar-refractivity contribution in [2.45, 2.75) is 19.8 Å². The molecule has 0 aromatic heterocycles. The van der Waals surface area contributed by atoms with E-state index in [1.165, 1.54) is 0 Å². The minimum atomic E-state index is -0.0570. The molecule has 1 amide bonds. The molecule has 0 unspecified atom stereocenters. The fraction of sp³-hybridized carbons (Fsp3) is 0.667. The lowest BCUT2D eigenvalue weighted by molar-refractivity contribution is -0.117. The lowest BCUT2D eigenvalue weighted by atomic mass is 10.3. The number of ether oxygens (including phenoxy) is 1. The van der Waals surface area contributed by atoms with E-state index in [0.717, 1.165) is 0 Å². The summed E-state index contributed by atoms with van der Waals surface area (Å²) in [5.41, 5.74) is 0. The second-order valence-electron chi connectivity index (χ2n) is 1.83. The van der Waals surface area contributed by atoms with Gasteiger partial charge in [0.2, 0.25) is 5.91 Å². The molecule has 3 nitrogen and oxygen atoms in total. The van der Waals surface area contributed by atoms with Crippen LogP contribution in [0.2, 0.25) is 0 Å². The molecule has 1 heterocycles. The molecule has 9 heavy (non-hydrogen) atoms. The standard InChI is InChI=1S/C6H9NO2/c1-2-9-6-4-3-5(8)7-6/h2-4H2,1H3. The zero-order valence-electron chi connectivity index (χ0n) is 5.39. The molecule has 0 saturated heterocycles. The normalized spacial score (nSPS) is 17.9. The zero-order chi connectivity index (χ0) is 6.69. The topological polar surface area (TPSA) is 38.7 Å². The first-order valence-corrected chi connectivity index (χ1v) is 3.06. The maximum atomic E-state index is 10.5. The van der Waals surface area contributed by atoms with E-state index in [1.54, 1.807) is 0 Å². The van der Waals surface area contributed by atoms with E-state index < -0.39 is 0 Å². The summed E-state index contributed by atoms with van der Waals surface area (Å²) in [4.78, 5) is 14.1. The van der Waals surface area contributed by atoms with E-state index in [0.29, 0.717) is 25.3 Å². The van der Waals surface area contributed by atoms with Crippen LogP contribution in [0, 0.1) is 0 Å². The number of carbonyl (C=O) groups excluding carboxylic acids is 1. The Hall–Kier alpha value is -0.860. The summed E-state index contributed by atoms with van der Waals surface area (Å²) in [6, 6.07) is 0. The molecule has 0 saturated carbocycles. The van der Waals surface area contributed by atoms with Crippen molar-refractivity contribution < 1.29 is 9.53 Å². The van der Waals surface area contributed by atoms with Crippen molar-refractivity contribution in [3.63, 3.8) is 0 Å². The highest BCUT2D eigenvalue weighted by Gasteiger charge is 2.13. The molecule has 0 N–H and O–H groups in total. The van der Waals surface area contributed by atoms with Crippen LogP contribution < -0.4 is 0 Å². The Bertz CT molecular complexity index is 151. The zero-order valence-corrected chi connectivity index (χ0v) is 5.39. The predicted molar refractivity (Wildman–Crippen MR) is 33.3 cm³/mol. The number of carbonyl (C=O) groups is 1. The van der Waals surface area contributed by atoms with Crippen molar-refractivity contribution in [1.82, 2.24) is 0 Å². The van der Waals surface area contributed by atoms with Gasteiger partial charge in [-0.2, -0.15) is 4.99 Å². The fourth-order valence-electron chi connectivity index (χ4n) is 0.736. The molecule has 0 radical (unpaired) electrons. The van der Waals surface area contributed by atoms with Gasteiger partial charge in [-0.25, -0.2) is 0 Å². The van der Waals surface area contributed by atoms with Gasteiger partial charge in [0, 0.05) is 12.8 Å². The van der Waals surface area contributed by atoms with Gasteiger partial charge in [-0.15, -0.1) is 0 Å². The molecule has 0 aromatic rings. The van der Waals surface area contributed by atoms with Crippen LogP contribution >= 0.6 is 0 Å². The Labute approximate surface area is 53.7 Å². The third kappa shape index (κ3) is 1.52. The number of nitrogens with zero attached hydrogens (tertiary/aromatic N) is 1. The van der Waals surface area contributed by atoms with Crippen molar-refractivity contribution >= 4 is 11.8 Å². The molecule has 0 atom stereocenters. The molecule has 0 bridgehead atoms. The predicted octanol–water partition coefficient (Wildman–Crippen LogP) is 0.742. The molecule has 0 aromatic carbocycles. The van der Waals surface area contributed by atoms with Gasteiger partial charge >= 0.3 is 0 Å². The summed E-state index contributed by atoms with van der Waals surface area (Å²) in [6.45, 7) is 2.48. The van der Waals surface area contributed by atoms with Crippen molar-refractivity contribution in [3.8, 4) is 0 Å². The Morgan fingerprint density at radius 3 is 2.89 bits per heavy atom. The second-order valence-corrected chi connectivity index (χ2v) is 1.83. The molecule has 0 aliphatic carbocycles. The van der Waals surface area contributed by atoms with Crippen LogP contribution in [0.4, 0.5) is 0 Å². The highest BCUT2D eigenvalue weighted by molar-refractivity contribution is 5.98. The van der Waals surface area contributed by atoms with Crippen molar-refractivity contribution in [1.29, 1.82) is 0 Å². The number of rotatable bonds is 1. The van der Waals surface area contributed by atoms with E-state index in [9.17, 15) is 4.79 Å². The summed E-state index contributed by atoms with van der Waals surface area (Å²) in [5, 5.41) is 0. The molecule has 0 spiro atoms. The maximum Gasteiger partial charge on any atom is 0.249 e. The molecule has 3 heteroatoms. The van der Waals surface area contributed by atoms with Gasteiger partial charge in [-0.1, -0.05) is 0 Å². The van der Waals surface area contributed by atoms with Crippen LogP contribution in [0.15, 0.2) is 4.99 Å². The van der Waals surface area contributed by atoms with Gasteiger partial charge < -0.3 is 4.74 Å². The fourth-order valence-corrected chi connectivity index (χ4v) is 0.736. The van der Waals surface area contributed by atoms with Crippen LogP contribution in [0.3, 0.4) is 0 Å². The molecular formula is C6H9NO2. The largest absolute Gasteiger partial charge is 0.481 e. The molecule has 1 aliphatic rings. The van der Waals surface area contributed by atoms with Gasteiger partial charge in [-0.05, 0) is 6.92 Å². The van der Waals surface area contributed by atoms with Crippen molar-refractivity contribution in [2.75, 3.05) is 6.61 Å². The SMILES string of the molecule is CCOC1=NC(=O)CC1. The van der Waals surface area contributed by atoms with E-state index >= 15 is 0 Å². The van der Waals surface area contributed by atoms with Gasteiger partial charge in [-0.3, -0.25) is 4.79 Å². The first-order chi connectivity index (χ1) is 4.33. The van der Waals surface area contributed by atoms with E-state index in [4.69, 9.17) is 4.74 Å². The monoisotopic (exact) mass is 127 g/mol. The Balaban J connectivity index is 2.42. The highest BCUT2D eigenvalue weighted by atomic mass is 16.5. The van der Waals surface area contributed by atoms with Crippen LogP contribution in [0.25, 0.3) is 0 Å². The van der Waals surface area contributed by atoms with Gasteiger partial charge in [0.15, 0.2) is 5.90 Å². The van der Waals surface area contributed by atoms with E-state index in [1.807, 2.05) is 6.92 Å². The number of amides is 1. The number of hydrogen-bond donors (Lipinski definition) is 0. The average molecular weight is 127 g/mol. The number of hydrogen-bond acceptors (Lipinski definition) is 2. The smallest absolute Gasteiger partial charge is 0.249 e. The minimum Gasteiger partial charge on any atom is -0.481 e. The summed E-state index contributed by atoms with van der Waals surface area (Å²) >= 11 is 0. The quantitative estimate of drug-likeness (QED) is 0.521. The molecular weight excluding hydrogens is 118 g/mol. The summed E-state index contributed by atoms with van der Waals surface area (Å²) in [7, 11) is 0. The van der Waals surface area contributed by atoms with E-state index in [-0.39, 0.29) is 5.91 Å². The molecule has 0 fully saturated rings. The van der Waals surface area contributed by atoms with Crippen molar-refractivity contribution in [3.05, 3.63) is 0 Å². The average Bonchev–Trinajstić information content (AvgIpc) is 2.17. The van der Waals surface area contributed by atoms with Gasteiger partial charge in [0.1, 0.15) is 0 Å². The van der Waals surface area contributed by atoms with Gasteiger partial charge in [0.05, 0.1) is 6.61 Å². The molecule has 1 aliphatic heterocycles. The van der Waals surface area contributed by atoms with Crippen LogP contribution in [-0.2, 0) is 9.53 Å². The Kier molecular flexibility index (Phi) is 1.82. The van der Waals surface area contributed by atoms with Crippen LogP contribution in [0.1, 0.15) is 19.8 Å². The third-order valence-corrected chi connectivity index (χ3v) is 1.11. The summed E-state index contributed by atoms with van der Waals surface area (Å²) < 4.78 is 5.00. The Morgan fingerprint density at radius 1 is 1.67 bits per heavy atom. The van der Waals surface area contributed by atoms with Crippen molar-refractivity contribution in [2.24, 2.45) is 4.99 Å². The first-order valence-electron chi connectivity index (χ1n) is 3.06. The lowest BCUT2D eigenvalue weighted by Gasteiger charge is -1.96. The Morgan fingerprint density at radius 2 is 2.44 bits per heavy atom.